The molecule has 0 heterocycles. The Hall–Kier alpha value is -2.40. The summed E-state index contributed by atoms with van der Waals surface area (Å²) < 4.78 is 10.9. The van der Waals surface area contributed by atoms with Crippen molar-refractivity contribution < 1.29 is 14.3 Å². The minimum atomic E-state index is -0.215. The van der Waals surface area contributed by atoms with Crippen molar-refractivity contribution in [2.24, 2.45) is 0 Å². The van der Waals surface area contributed by atoms with Crippen LogP contribution in [0, 0.1) is 0 Å². The van der Waals surface area contributed by atoms with Crippen molar-refractivity contribution in [3.8, 4) is 11.5 Å². The van der Waals surface area contributed by atoms with E-state index in [0.717, 1.165) is 16.1 Å². The quantitative estimate of drug-likeness (QED) is 0.754. The van der Waals surface area contributed by atoms with Gasteiger partial charge in [0.1, 0.15) is 0 Å². The average molecular weight is 343 g/mol. The van der Waals surface area contributed by atoms with E-state index < -0.39 is 0 Å². The zero-order chi connectivity index (χ0) is 17.4. The summed E-state index contributed by atoms with van der Waals surface area (Å²) in [5, 5.41) is 2.83. The number of hydrogen-bond acceptors (Lipinski definition) is 4. The SMILES string of the molecule is C/C=C/c1ccc(OCC(=O)Nc2cccc(SC)c2)c(OC)c1. The number of carbonyl (C=O) groups is 1. The number of allylic oxidation sites excluding steroid dienone is 1. The molecule has 0 aliphatic heterocycles. The smallest absolute Gasteiger partial charge is 0.262 e. The van der Waals surface area contributed by atoms with E-state index in [1.165, 1.54) is 0 Å². The molecule has 1 N–H and O–H groups in total. The summed E-state index contributed by atoms with van der Waals surface area (Å²) in [6.45, 7) is 1.87. The summed E-state index contributed by atoms with van der Waals surface area (Å²) in [6, 6.07) is 13.3. The molecule has 2 aromatic rings. The van der Waals surface area contributed by atoms with Crippen molar-refractivity contribution in [2.75, 3.05) is 25.3 Å². The first-order chi connectivity index (χ1) is 11.7. The second kappa shape index (κ2) is 9.03. The molecule has 0 unspecified atom stereocenters. The zero-order valence-corrected chi connectivity index (χ0v) is 14.9. The molecule has 0 saturated carbocycles. The monoisotopic (exact) mass is 343 g/mol. The molecule has 0 fully saturated rings. The predicted molar refractivity (Wildman–Crippen MR) is 100 cm³/mol. The van der Waals surface area contributed by atoms with Gasteiger partial charge in [-0.05, 0) is 49.1 Å². The van der Waals surface area contributed by atoms with Crippen molar-refractivity contribution >= 4 is 29.4 Å². The molecule has 0 aliphatic rings. The molecule has 2 aromatic carbocycles. The molecule has 1 amide bonds. The maximum Gasteiger partial charge on any atom is 0.262 e. The first kappa shape index (κ1) is 17.9. The van der Waals surface area contributed by atoms with Gasteiger partial charge in [0.25, 0.3) is 5.91 Å². The Morgan fingerprint density at radius 2 is 2.04 bits per heavy atom. The number of ether oxygens (including phenoxy) is 2. The van der Waals surface area contributed by atoms with Gasteiger partial charge >= 0.3 is 0 Å². The minimum absolute atomic E-state index is 0.0805. The van der Waals surface area contributed by atoms with Crippen molar-refractivity contribution in [3.05, 3.63) is 54.1 Å². The largest absolute Gasteiger partial charge is 0.493 e. The standard InChI is InChI=1S/C19H21NO3S/c1-4-6-14-9-10-17(18(11-14)22-2)23-13-19(21)20-15-7-5-8-16(12-15)24-3/h4-12H,13H2,1-3H3,(H,20,21)/b6-4+. The third-order valence-corrected chi connectivity index (χ3v) is 3.98. The molecule has 0 bridgehead atoms. The number of rotatable bonds is 7. The second-order valence-corrected chi connectivity index (χ2v) is 5.86. The number of nitrogens with one attached hydrogen (secondary N) is 1. The van der Waals surface area contributed by atoms with E-state index in [9.17, 15) is 4.79 Å². The highest BCUT2D eigenvalue weighted by molar-refractivity contribution is 7.98. The van der Waals surface area contributed by atoms with Crippen LogP contribution in [0.4, 0.5) is 5.69 Å². The lowest BCUT2D eigenvalue weighted by Gasteiger charge is -2.12. The van der Waals surface area contributed by atoms with Crippen molar-refractivity contribution in [2.45, 2.75) is 11.8 Å². The second-order valence-electron chi connectivity index (χ2n) is 4.98. The highest BCUT2D eigenvalue weighted by Crippen LogP contribution is 2.28. The summed E-state index contributed by atoms with van der Waals surface area (Å²) >= 11 is 1.63. The van der Waals surface area contributed by atoms with Crippen LogP contribution in [0.15, 0.2) is 53.4 Å². The van der Waals surface area contributed by atoms with Crippen molar-refractivity contribution in [1.29, 1.82) is 0 Å². The Balaban J connectivity index is 1.98. The fourth-order valence-corrected chi connectivity index (χ4v) is 2.60. The molecule has 0 spiro atoms. The Bertz CT molecular complexity index is 728. The molecule has 24 heavy (non-hydrogen) atoms. The third-order valence-electron chi connectivity index (χ3n) is 3.26. The van der Waals surface area contributed by atoms with Crippen LogP contribution in [-0.4, -0.2) is 25.9 Å². The summed E-state index contributed by atoms with van der Waals surface area (Å²) in [5.74, 6) is 0.925. The lowest BCUT2D eigenvalue weighted by atomic mass is 10.2. The molecule has 0 atom stereocenters. The summed E-state index contributed by atoms with van der Waals surface area (Å²) in [6.07, 6.45) is 5.91. The van der Waals surface area contributed by atoms with Crippen LogP contribution in [0.25, 0.3) is 6.08 Å². The van der Waals surface area contributed by atoms with E-state index in [1.54, 1.807) is 24.9 Å². The number of hydrogen-bond donors (Lipinski definition) is 1. The molecule has 0 aromatic heterocycles. The van der Waals surface area contributed by atoms with Crippen LogP contribution in [-0.2, 0) is 4.79 Å². The maximum absolute atomic E-state index is 12.1. The minimum Gasteiger partial charge on any atom is -0.493 e. The average Bonchev–Trinajstić information content (AvgIpc) is 2.61. The lowest BCUT2D eigenvalue weighted by molar-refractivity contribution is -0.118. The van der Waals surface area contributed by atoms with E-state index in [1.807, 2.05) is 61.7 Å². The molecular weight excluding hydrogens is 322 g/mol. The summed E-state index contributed by atoms with van der Waals surface area (Å²) in [5.41, 5.74) is 1.77. The number of benzene rings is 2. The predicted octanol–water partition coefficient (Wildman–Crippen LogP) is 4.47. The van der Waals surface area contributed by atoms with Crippen molar-refractivity contribution in [3.63, 3.8) is 0 Å². The Kier molecular flexibility index (Phi) is 6.75. The molecule has 0 radical (unpaired) electrons. The first-order valence-corrected chi connectivity index (χ1v) is 8.76. The number of anilines is 1. The number of thioether (sulfide) groups is 1. The van der Waals surface area contributed by atoms with Gasteiger partial charge < -0.3 is 14.8 Å². The topological polar surface area (TPSA) is 47.6 Å². The lowest BCUT2D eigenvalue weighted by Crippen LogP contribution is -2.20. The van der Waals surface area contributed by atoms with Gasteiger partial charge in [0.05, 0.1) is 7.11 Å². The third kappa shape index (κ3) is 5.06. The van der Waals surface area contributed by atoms with E-state index >= 15 is 0 Å². The molecule has 0 aliphatic carbocycles. The highest BCUT2D eigenvalue weighted by Gasteiger charge is 2.08. The zero-order valence-electron chi connectivity index (χ0n) is 14.0. The van der Waals surface area contributed by atoms with Gasteiger partial charge in [0.2, 0.25) is 0 Å². The Labute approximate surface area is 146 Å². The number of amides is 1. The van der Waals surface area contributed by atoms with E-state index in [-0.39, 0.29) is 12.5 Å². The van der Waals surface area contributed by atoms with Gasteiger partial charge in [-0.25, -0.2) is 0 Å². The van der Waals surface area contributed by atoms with Gasteiger partial charge in [-0.2, -0.15) is 0 Å². The molecule has 0 saturated heterocycles. The van der Waals surface area contributed by atoms with E-state index in [4.69, 9.17) is 9.47 Å². The Morgan fingerprint density at radius 3 is 2.75 bits per heavy atom. The van der Waals surface area contributed by atoms with Crippen LogP contribution in [0.5, 0.6) is 11.5 Å². The summed E-state index contributed by atoms with van der Waals surface area (Å²) in [4.78, 5) is 13.2. The molecule has 126 valence electrons. The Morgan fingerprint density at radius 1 is 1.21 bits per heavy atom. The molecule has 4 nitrogen and oxygen atoms in total. The highest BCUT2D eigenvalue weighted by atomic mass is 32.2. The van der Waals surface area contributed by atoms with Gasteiger partial charge in [0.15, 0.2) is 18.1 Å². The normalized spacial score (nSPS) is 10.6. The van der Waals surface area contributed by atoms with Crippen LogP contribution >= 0.6 is 11.8 Å². The number of carbonyl (C=O) groups excluding carboxylic acids is 1. The van der Waals surface area contributed by atoms with E-state index in [2.05, 4.69) is 5.32 Å². The van der Waals surface area contributed by atoms with Gasteiger partial charge in [-0.1, -0.05) is 24.3 Å². The molecule has 5 heteroatoms. The maximum atomic E-state index is 12.1. The van der Waals surface area contributed by atoms with Gasteiger partial charge in [-0.3, -0.25) is 4.79 Å². The van der Waals surface area contributed by atoms with Gasteiger partial charge in [0, 0.05) is 10.6 Å². The summed E-state index contributed by atoms with van der Waals surface area (Å²) in [7, 11) is 1.58. The van der Waals surface area contributed by atoms with Crippen LogP contribution in [0.3, 0.4) is 0 Å². The van der Waals surface area contributed by atoms with E-state index in [0.29, 0.717) is 11.5 Å². The number of methoxy groups -OCH3 is 1. The molecular formula is C19H21NO3S. The molecule has 2 rings (SSSR count). The van der Waals surface area contributed by atoms with Crippen LogP contribution in [0.1, 0.15) is 12.5 Å². The van der Waals surface area contributed by atoms with Crippen molar-refractivity contribution in [1.82, 2.24) is 0 Å². The first-order valence-electron chi connectivity index (χ1n) is 7.53. The van der Waals surface area contributed by atoms with Crippen LogP contribution in [0.2, 0.25) is 0 Å². The fourth-order valence-electron chi connectivity index (χ4n) is 2.14. The van der Waals surface area contributed by atoms with Crippen LogP contribution < -0.4 is 14.8 Å². The van der Waals surface area contributed by atoms with Gasteiger partial charge in [-0.15, -0.1) is 11.8 Å². The fraction of sp³-hybridized carbons (Fsp3) is 0.211.